The Kier molecular flexibility index (Phi) is 11.4. The molecule has 0 spiro atoms. The standard InChI is InChI=1S/C54H89NO/c1-34-10-11-43(25-34)49-17-21-54(9)51-15-12-44-29-40(16-20-52(44,7)50(51)18-22-53(49,54)8)30-46-28-38(5)48(39(6)56-46)32-42-26-36(3)47(37(4)27-42)31-41-19-23-55(45-13-14-45)33-35(2)24-41/h25,35-42,44-51H,1,10-24,26-33H2,2-9H3/t35?,36-,37+,38-,39-,40-,41?,42?,44?,46+,47?,48-,49+,50?,51?,52-,53+,54+/m0/s1. The van der Waals surface area contributed by atoms with Gasteiger partial charge in [0.25, 0.3) is 0 Å². The van der Waals surface area contributed by atoms with E-state index in [1.807, 2.05) is 0 Å². The molecular formula is C54H89NO. The summed E-state index contributed by atoms with van der Waals surface area (Å²) in [5.74, 6) is 11.6. The fourth-order valence-corrected chi connectivity index (χ4v) is 18.1. The van der Waals surface area contributed by atoms with E-state index in [0.717, 1.165) is 83.0 Å². The number of fused-ring (bicyclic) bond motifs is 5. The lowest BCUT2D eigenvalue weighted by Crippen LogP contribution is -2.57. The Balaban J connectivity index is 0.755. The molecule has 0 amide bonds. The molecule has 2 aliphatic heterocycles. The van der Waals surface area contributed by atoms with Crippen molar-refractivity contribution in [3.63, 3.8) is 0 Å². The van der Waals surface area contributed by atoms with Crippen molar-refractivity contribution in [1.29, 1.82) is 0 Å². The third-order valence-electron chi connectivity index (χ3n) is 21.4. The van der Waals surface area contributed by atoms with E-state index in [1.54, 1.807) is 5.57 Å². The predicted molar refractivity (Wildman–Crippen MR) is 236 cm³/mol. The number of likely N-dealkylation sites (tertiary alicyclic amines) is 1. The molecule has 8 fully saturated rings. The molecule has 0 aromatic rings. The van der Waals surface area contributed by atoms with E-state index in [0.29, 0.717) is 28.5 Å². The lowest BCUT2D eigenvalue weighted by Gasteiger charge is -2.65. The number of hydrogen-bond donors (Lipinski definition) is 0. The van der Waals surface area contributed by atoms with Crippen LogP contribution >= 0.6 is 0 Å². The summed E-state index contributed by atoms with van der Waals surface area (Å²) in [6, 6.07) is 0.946. The third-order valence-corrected chi connectivity index (χ3v) is 21.4. The molecule has 316 valence electrons. The Morgan fingerprint density at radius 1 is 0.661 bits per heavy atom. The summed E-state index contributed by atoms with van der Waals surface area (Å²) in [7, 11) is 0. The first-order valence-electron chi connectivity index (χ1n) is 25.5. The van der Waals surface area contributed by atoms with Gasteiger partial charge in [0.2, 0.25) is 0 Å². The average Bonchev–Trinajstić information content (AvgIpc) is 3.88. The summed E-state index contributed by atoms with van der Waals surface area (Å²) in [6.07, 6.45) is 33.7. The molecule has 6 saturated carbocycles. The van der Waals surface area contributed by atoms with Crippen molar-refractivity contribution in [3.8, 4) is 0 Å². The van der Waals surface area contributed by atoms with Crippen LogP contribution in [0, 0.1) is 93.2 Å². The van der Waals surface area contributed by atoms with Crippen LogP contribution in [0.25, 0.3) is 0 Å². The van der Waals surface area contributed by atoms with E-state index in [4.69, 9.17) is 4.74 Å². The van der Waals surface area contributed by atoms with Gasteiger partial charge < -0.3 is 9.64 Å². The zero-order valence-corrected chi connectivity index (χ0v) is 38.1. The highest BCUT2D eigenvalue weighted by Gasteiger charge is 2.66. The minimum atomic E-state index is 0.434. The van der Waals surface area contributed by atoms with Crippen molar-refractivity contribution in [3.05, 3.63) is 23.8 Å². The van der Waals surface area contributed by atoms with E-state index in [9.17, 15) is 0 Å². The van der Waals surface area contributed by atoms with E-state index in [1.165, 1.54) is 153 Å². The molecule has 0 radical (unpaired) electrons. The van der Waals surface area contributed by atoms with Gasteiger partial charge >= 0.3 is 0 Å². The third kappa shape index (κ3) is 7.44. The fourth-order valence-electron chi connectivity index (χ4n) is 18.1. The van der Waals surface area contributed by atoms with Crippen molar-refractivity contribution < 1.29 is 4.74 Å². The van der Waals surface area contributed by atoms with Crippen LogP contribution in [0.15, 0.2) is 23.8 Å². The van der Waals surface area contributed by atoms with Crippen molar-refractivity contribution >= 4 is 0 Å². The molecule has 0 bridgehead atoms. The molecule has 2 saturated heterocycles. The quantitative estimate of drug-likeness (QED) is 0.244. The SMILES string of the molecule is C=C1C=C([C@H]2CC[C@]3(C)C4CCC5C[C@@H](C[C@H]6C[C@H](C)[C@H](CC7C[C@@H](C)C(CC8CCN(C9CC9)CC(C)C8)[C@@H](C)C7)[C@H](C)O6)CC[C@]5(C)C4CC[C@]23C)CC1. The molecule has 2 heteroatoms. The highest BCUT2D eigenvalue weighted by molar-refractivity contribution is 5.33. The van der Waals surface area contributed by atoms with Crippen molar-refractivity contribution in [2.24, 2.45) is 93.2 Å². The highest BCUT2D eigenvalue weighted by atomic mass is 16.5. The van der Waals surface area contributed by atoms with Gasteiger partial charge in [-0.2, -0.15) is 0 Å². The number of ether oxygens (including phenoxy) is 1. The van der Waals surface area contributed by atoms with Gasteiger partial charge in [-0.1, -0.05) is 72.3 Å². The molecule has 2 nitrogen and oxygen atoms in total. The Labute approximate surface area is 347 Å². The van der Waals surface area contributed by atoms with Crippen LogP contribution < -0.4 is 0 Å². The minimum absolute atomic E-state index is 0.434. The maximum Gasteiger partial charge on any atom is 0.0584 e. The van der Waals surface area contributed by atoms with E-state index >= 15 is 0 Å². The average molecular weight is 768 g/mol. The van der Waals surface area contributed by atoms with Crippen molar-refractivity contribution in [1.82, 2.24) is 4.90 Å². The molecule has 9 aliphatic rings. The Morgan fingerprint density at radius 3 is 2.09 bits per heavy atom. The van der Waals surface area contributed by atoms with E-state index in [-0.39, 0.29) is 0 Å². The maximum atomic E-state index is 7.10. The largest absolute Gasteiger partial charge is 0.375 e. The molecule has 9 rings (SSSR count). The first kappa shape index (κ1) is 40.8. The molecule has 7 unspecified atom stereocenters. The molecule has 0 aromatic heterocycles. The van der Waals surface area contributed by atoms with Crippen LogP contribution in [0.2, 0.25) is 0 Å². The van der Waals surface area contributed by atoms with Gasteiger partial charge in [-0.25, -0.2) is 0 Å². The smallest absolute Gasteiger partial charge is 0.0584 e. The first-order chi connectivity index (χ1) is 26.7. The maximum absolute atomic E-state index is 7.10. The van der Waals surface area contributed by atoms with Gasteiger partial charge in [0, 0.05) is 12.6 Å². The van der Waals surface area contributed by atoms with Crippen LogP contribution in [-0.4, -0.2) is 36.2 Å². The molecule has 7 aliphatic carbocycles. The number of rotatable bonds is 8. The summed E-state index contributed by atoms with van der Waals surface area (Å²) < 4.78 is 7.10. The zero-order valence-electron chi connectivity index (χ0n) is 38.1. The van der Waals surface area contributed by atoms with Gasteiger partial charge in [-0.3, -0.25) is 0 Å². The molecule has 2 heterocycles. The van der Waals surface area contributed by atoms with Gasteiger partial charge in [0.15, 0.2) is 0 Å². The lowest BCUT2D eigenvalue weighted by atomic mass is 9.40. The predicted octanol–water partition coefficient (Wildman–Crippen LogP) is 14.3. The van der Waals surface area contributed by atoms with E-state index < -0.39 is 0 Å². The Hall–Kier alpha value is -0.600. The van der Waals surface area contributed by atoms with Gasteiger partial charge in [-0.15, -0.1) is 0 Å². The first-order valence-corrected chi connectivity index (χ1v) is 25.5. The fraction of sp³-hybridized carbons (Fsp3) is 0.926. The zero-order chi connectivity index (χ0) is 39.1. The molecule has 56 heavy (non-hydrogen) atoms. The van der Waals surface area contributed by atoms with Crippen molar-refractivity contribution in [2.45, 2.75) is 208 Å². The molecule has 18 atom stereocenters. The number of allylic oxidation sites excluding steroid dienone is 3. The second-order valence-corrected chi connectivity index (χ2v) is 24.7. The van der Waals surface area contributed by atoms with Crippen LogP contribution in [-0.2, 0) is 4.74 Å². The van der Waals surface area contributed by atoms with Gasteiger partial charge in [0.05, 0.1) is 12.2 Å². The normalized spacial score (nSPS) is 52.8. The van der Waals surface area contributed by atoms with Crippen LogP contribution in [0.4, 0.5) is 0 Å². The van der Waals surface area contributed by atoms with Crippen LogP contribution in [0.1, 0.15) is 190 Å². The second-order valence-electron chi connectivity index (χ2n) is 24.7. The van der Waals surface area contributed by atoms with Crippen molar-refractivity contribution in [2.75, 3.05) is 13.1 Å². The summed E-state index contributed by atoms with van der Waals surface area (Å²) >= 11 is 0. The summed E-state index contributed by atoms with van der Waals surface area (Å²) in [5.41, 5.74) is 4.76. The molecule has 0 N–H and O–H groups in total. The van der Waals surface area contributed by atoms with E-state index in [2.05, 4.69) is 72.9 Å². The number of nitrogens with zero attached hydrogens (tertiary/aromatic N) is 1. The molecule has 0 aromatic carbocycles. The molecular weight excluding hydrogens is 679 g/mol. The van der Waals surface area contributed by atoms with Gasteiger partial charge in [0.1, 0.15) is 0 Å². The number of hydrogen-bond acceptors (Lipinski definition) is 2. The summed E-state index contributed by atoms with van der Waals surface area (Å²) in [4.78, 5) is 2.87. The highest BCUT2D eigenvalue weighted by Crippen LogP contribution is 2.74. The van der Waals surface area contributed by atoms with Crippen LogP contribution in [0.5, 0.6) is 0 Å². The second kappa shape index (κ2) is 15.7. The topological polar surface area (TPSA) is 12.5 Å². The lowest BCUT2D eigenvalue weighted by molar-refractivity contribution is -0.160. The monoisotopic (exact) mass is 768 g/mol. The minimum Gasteiger partial charge on any atom is -0.375 e. The van der Waals surface area contributed by atoms with Crippen LogP contribution in [0.3, 0.4) is 0 Å². The Bertz CT molecular complexity index is 1420. The summed E-state index contributed by atoms with van der Waals surface area (Å²) in [6.45, 7) is 28.4. The van der Waals surface area contributed by atoms with Gasteiger partial charge in [-0.05, 0) is 241 Å². The Morgan fingerprint density at radius 2 is 1.38 bits per heavy atom. The summed E-state index contributed by atoms with van der Waals surface area (Å²) in [5, 5.41) is 0.